The molecule has 0 radical (unpaired) electrons. The van der Waals surface area contributed by atoms with Crippen LogP contribution in [-0.2, 0) is 0 Å². The smallest absolute Gasteiger partial charge is 0.335 e. The molecular weight excluding hydrogens is 256 g/mol. The topological polar surface area (TPSA) is 78.4 Å². The first-order valence-corrected chi connectivity index (χ1v) is 6.89. The fraction of sp³-hybridized carbons (Fsp3) is 0.467. The van der Waals surface area contributed by atoms with Gasteiger partial charge in [-0.1, -0.05) is 6.42 Å². The van der Waals surface area contributed by atoms with Crippen molar-refractivity contribution in [1.82, 2.24) is 5.32 Å². The Balaban J connectivity index is 1.93. The zero-order valence-electron chi connectivity index (χ0n) is 11.8. The van der Waals surface area contributed by atoms with Gasteiger partial charge < -0.3 is 15.7 Å². The van der Waals surface area contributed by atoms with Crippen molar-refractivity contribution in [3.63, 3.8) is 0 Å². The highest BCUT2D eigenvalue weighted by atomic mass is 16.4. The average Bonchev–Trinajstić information content (AvgIpc) is 2.25. The molecular formula is C15H20N2O3. The van der Waals surface area contributed by atoms with E-state index >= 15 is 0 Å². The number of anilines is 1. The number of aryl methyl sites for hydroxylation is 1. The van der Waals surface area contributed by atoms with Gasteiger partial charge in [0.25, 0.3) is 0 Å². The molecule has 0 aliphatic heterocycles. The molecule has 1 unspecified atom stereocenters. The van der Waals surface area contributed by atoms with Gasteiger partial charge in [-0.3, -0.25) is 0 Å². The van der Waals surface area contributed by atoms with Crippen LogP contribution in [0.1, 0.15) is 42.1 Å². The third-order valence-electron chi connectivity index (χ3n) is 3.93. The Hall–Kier alpha value is -2.04. The molecule has 1 aliphatic rings. The van der Waals surface area contributed by atoms with E-state index in [1.54, 1.807) is 19.1 Å². The molecule has 1 aliphatic carbocycles. The molecule has 1 fully saturated rings. The molecule has 0 spiro atoms. The van der Waals surface area contributed by atoms with E-state index in [4.69, 9.17) is 5.11 Å². The van der Waals surface area contributed by atoms with E-state index in [1.165, 1.54) is 25.3 Å². The van der Waals surface area contributed by atoms with Crippen molar-refractivity contribution in [2.24, 2.45) is 5.92 Å². The van der Waals surface area contributed by atoms with Crippen molar-refractivity contribution in [3.05, 3.63) is 29.3 Å². The number of carbonyl (C=O) groups excluding carboxylic acids is 1. The first-order valence-electron chi connectivity index (χ1n) is 6.89. The number of aromatic carboxylic acids is 1. The van der Waals surface area contributed by atoms with Crippen molar-refractivity contribution >= 4 is 17.7 Å². The zero-order valence-corrected chi connectivity index (χ0v) is 11.8. The Morgan fingerprint density at radius 2 is 2.05 bits per heavy atom. The maximum Gasteiger partial charge on any atom is 0.335 e. The van der Waals surface area contributed by atoms with Crippen molar-refractivity contribution in [1.29, 1.82) is 0 Å². The van der Waals surface area contributed by atoms with Gasteiger partial charge in [0, 0.05) is 11.7 Å². The summed E-state index contributed by atoms with van der Waals surface area (Å²) in [6.45, 7) is 3.73. The summed E-state index contributed by atoms with van der Waals surface area (Å²) < 4.78 is 0. The van der Waals surface area contributed by atoms with Crippen LogP contribution in [0.25, 0.3) is 0 Å². The molecule has 2 amide bonds. The molecule has 3 N–H and O–H groups in total. The Morgan fingerprint density at radius 1 is 1.35 bits per heavy atom. The van der Waals surface area contributed by atoms with Crippen LogP contribution < -0.4 is 10.6 Å². The summed E-state index contributed by atoms with van der Waals surface area (Å²) in [6.07, 6.45) is 3.59. The lowest BCUT2D eigenvalue weighted by Crippen LogP contribution is -2.42. The van der Waals surface area contributed by atoms with E-state index in [0.717, 1.165) is 0 Å². The van der Waals surface area contributed by atoms with Crippen LogP contribution in [0.5, 0.6) is 0 Å². The third kappa shape index (κ3) is 3.29. The number of hydrogen-bond donors (Lipinski definition) is 3. The standard InChI is InChI=1S/C15H20N2O3/c1-9-8-12(6-7-13(9)14(18)19)17-15(20)16-10(2)11-4-3-5-11/h6-8,10-11H,3-5H2,1-2H3,(H,18,19)(H2,16,17,20). The van der Waals surface area contributed by atoms with Gasteiger partial charge in [0.2, 0.25) is 0 Å². The second-order valence-electron chi connectivity index (χ2n) is 5.41. The molecule has 5 nitrogen and oxygen atoms in total. The first kappa shape index (κ1) is 14.4. The number of urea groups is 1. The lowest BCUT2D eigenvalue weighted by atomic mass is 9.80. The van der Waals surface area contributed by atoms with Crippen molar-refractivity contribution < 1.29 is 14.7 Å². The monoisotopic (exact) mass is 276 g/mol. The quantitative estimate of drug-likeness (QED) is 0.791. The number of benzene rings is 1. The lowest BCUT2D eigenvalue weighted by Gasteiger charge is -2.31. The largest absolute Gasteiger partial charge is 0.478 e. The molecule has 1 aromatic rings. The number of carboxylic acids is 1. The zero-order chi connectivity index (χ0) is 14.7. The predicted molar refractivity (Wildman–Crippen MR) is 77.1 cm³/mol. The fourth-order valence-corrected chi connectivity index (χ4v) is 2.41. The van der Waals surface area contributed by atoms with E-state index in [9.17, 15) is 9.59 Å². The summed E-state index contributed by atoms with van der Waals surface area (Å²) in [4.78, 5) is 22.8. The summed E-state index contributed by atoms with van der Waals surface area (Å²) in [5.74, 6) is -0.381. The number of rotatable bonds is 4. The summed E-state index contributed by atoms with van der Waals surface area (Å²) >= 11 is 0. The van der Waals surface area contributed by atoms with E-state index in [0.29, 0.717) is 17.2 Å². The molecule has 0 bridgehead atoms. The maximum atomic E-state index is 11.9. The fourth-order valence-electron chi connectivity index (χ4n) is 2.41. The molecule has 1 saturated carbocycles. The molecule has 5 heteroatoms. The summed E-state index contributed by atoms with van der Waals surface area (Å²) in [5, 5.41) is 14.6. The van der Waals surface area contributed by atoms with Gasteiger partial charge >= 0.3 is 12.0 Å². The van der Waals surface area contributed by atoms with Crippen LogP contribution >= 0.6 is 0 Å². The highest BCUT2D eigenvalue weighted by Gasteiger charge is 2.24. The van der Waals surface area contributed by atoms with Crippen LogP contribution in [0, 0.1) is 12.8 Å². The molecule has 2 rings (SSSR count). The van der Waals surface area contributed by atoms with E-state index in [2.05, 4.69) is 10.6 Å². The van der Waals surface area contributed by atoms with E-state index in [-0.39, 0.29) is 17.6 Å². The summed E-state index contributed by atoms with van der Waals surface area (Å²) in [5.41, 5.74) is 1.48. The van der Waals surface area contributed by atoms with Crippen LogP contribution in [0.15, 0.2) is 18.2 Å². The van der Waals surface area contributed by atoms with Gasteiger partial charge in [0.15, 0.2) is 0 Å². The second-order valence-corrected chi connectivity index (χ2v) is 5.41. The minimum atomic E-state index is -0.961. The van der Waals surface area contributed by atoms with E-state index in [1.807, 2.05) is 6.92 Å². The SMILES string of the molecule is Cc1cc(NC(=O)NC(C)C2CCC2)ccc1C(=O)O. The average molecular weight is 276 g/mol. The highest BCUT2D eigenvalue weighted by molar-refractivity contribution is 5.92. The predicted octanol–water partition coefficient (Wildman–Crippen LogP) is 3.00. The molecule has 1 atom stereocenters. The Kier molecular flexibility index (Phi) is 4.27. The number of nitrogens with one attached hydrogen (secondary N) is 2. The van der Waals surface area contributed by atoms with Gasteiger partial charge in [-0.2, -0.15) is 0 Å². The van der Waals surface area contributed by atoms with Crippen molar-refractivity contribution in [2.45, 2.75) is 39.2 Å². The maximum absolute atomic E-state index is 11.9. The number of carbonyl (C=O) groups is 2. The lowest BCUT2D eigenvalue weighted by molar-refractivity contribution is 0.0696. The Labute approximate surface area is 118 Å². The molecule has 0 saturated heterocycles. The summed E-state index contributed by atoms with van der Waals surface area (Å²) in [7, 11) is 0. The summed E-state index contributed by atoms with van der Waals surface area (Å²) in [6, 6.07) is 4.69. The van der Waals surface area contributed by atoms with Crippen LogP contribution in [0.4, 0.5) is 10.5 Å². The van der Waals surface area contributed by atoms with Crippen molar-refractivity contribution in [2.75, 3.05) is 5.32 Å². The second kappa shape index (κ2) is 5.94. The minimum absolute atomic E-state index is 0.170. The third-order valence-corrected chi connectivity index (χ3v) is 3.93. The molecule has 1 aromatic carbocycles. The van der Waals surface area contributed by atoms with Gasteiger partial charge in [-0.15, -0.1) is 0 Å². The highest BCUT2D eigenvalue weighted by Crippen LogP contribution is 2.29. The van der Waals surface area contributed by atoms with E-state index < -0.39 is 5.97 Å². The number of hydrogen-bond acceptors (Lipinski definition) is 2. The molecule has 0 aromatic heterocycles. The van der Waals surface area contributed by atoms with Gasteiger partial charge in [-0.05, 0) is 56.4 Å². The van der Waals surface area contributed by atoms with Crippen LogP contribution in [0.3, 0.4) is 0 Å². The van der Waals surface area contributed by atoms with Gasteiger partial charge in [0.1, 0.15) is 0 Å². The Morgan fingerprint density at radius 3 is 2.55 bits per heavy atom. The minimum Gasteiger partial charge on any atom is -0.478 e. The normalized spacial score (nSPS) is 16.1. The molecule has 108 valence electrons. The first-order chi connectivity index (χ1) is 9.47. The van der Waals surface area contributed by atoms with Gasteiger partial charge in [-0.25, -0.2) is 9.59 Å². The number of amides is 2. The molecule has 0 heterocycles. The van der Waals surface area contributed by atoms with Crippen LogP contribution in [0.2, 0.25) is 0 Å². The number of carboxylic acid groups (broad SMARTS) is 1. The van der Waals surface area contributed by atoms with Crippen LogP contribution in [-0.4, -0.2) is 23.1 Å². The molecule has 20 heavy (non-hydrogen) atoms. The Bertz CT molecular complexity index is 524. The van der Waals surface area contributed by atoms with Gasteiger partial charge in [0.05, 0.1) is 5.56 Å². The van der Waals surface area contributed by atoms with Crippen molar-refractivity contribution in [3.8, 4) is 0 Å².